The number of carbonyl (C=O) groups excluding carboxylic acids is 1. The first-order chi connectivity index (χ1) is 7.15. The monoisotopic (exact) mass is 207 g/mol. The van der Waals surface area contributed by atoms with Gasteiger partial charge in [0.2, 0.25) is 0 Å². The zero-order chi connectivity index (χ0) is 10.8. The van der Waals surface area contributed by atoms with Gasteiger partial charge in [-0.3, -0.25) is 0 Å². The molecule has 1 fully saturated rings. The van der Waals surface area contributed by atoms with Gasteiger partial charge in [0, 0.05) is 5.69 Å². The summed E-state index contributed by atoms with van der Waals surface area (Å²) in [5.41, 5.74) is 11.3. The van der Waals surface area contributed by atoms with E-state index in [0.717, 1.165) is 5.75 Å². The smallest absolute Gasteiger partial charge is 0.315 e. The quantitative estimate of drug-likeness (QED) is 0.689. The number of benzene rings is 1. The molecule has 4 N–H and O–H groups in total. The number of nitrogens with two attached hydrogens (primary N) is 2. The van der Waals surface area contributed by atoms with Crippen LogP contribution in [0.1, 0.15) is 0 Å². The van der Waals surface area contributed by atoms with E-state index in [-0.39, 0.29) is 6.10 Å². The summed E-state index contributed by atoms with van der Waals surface area (Å²) < 4.78 is 5.58. The average molecular weight is 207 g/mol. The summed E-state index contributed by atoms with van der Waals surface area (Å²) in [5, 5.41) is 0. The average Bonchev–Trinajstić information content (AvgIpc) is 2.13. The van der Waals surface area contributed by atoms with Crippen LogP contribution in [0.4, 0.5) is 10.5 Å². The molecule has 0 unspecified atom stereocenters. The van der Waals surface area contributed by atoms with Crippen molar-refractivity contribution in [3.63, 3.8) is 0 Å². The predicted molar refractivity (Wildman–Crippen MR) is 56.4 cm³/mol. The van der Waals surface area contributed by atoms with Gasteiger partial charge in [0.15, 0.2) is 0 Å². The van der Waals surface area contributed by atoms with Gasteiger partial charge in [0.25, 0.3) is 0 Å². The Bertz CT molecular complexity index is 357. The van der Waals surface area contributed by atoms with Crippen LogP contribution in [0.15, 0.2) is 24.3 Å². The van der Waals surface area contributed by atoms with Crippen LogP contribution in [-0.2, 0) is 0 Å². The fraction of sp³-hybridized carbons (Fsp3) is 0.300. The number of urea groups is 1. The Kier molecular flexibility index (Phi) is 2.37. The Morgan fingerprint density at radius 1 is 1.33 bits per heavy atom. The van der Waals surface area contributed by atoms with Crippen molar-refractivity contribution in [2.24, 2.45) is 5.73 Å². The van der Waals surface area contributed by atoms with Crippen molar-refractivity contribution in [2.45, 2.75) is 6.10 Å². The molecule has 1 aromatic carbocycles. The summed E-state index contributed by atoms with van der Waals surface area (Å²) in [6.07, 6.45) is 0.0427. The van der Waals surface area contributed by atoms with Gasteiger partial charge in [-0.2, -0.15) is 0 Å². The second kappa shape index (κ2) is 3.68. The first-order valence-corrected chi connectivity index (χ1v) is 4.72. The van der Waals surface area contributed by atoms with Crippen LogP contribution in [0.3, 0.4) is 0 Å². The van der Waals surface area contributed by atoms with Gasteiger partial charge >= 0.3 is 6.03 Å². The fourth-order valence-corrected chi connectivity index (χ4v) is 1.43. The van der Waals surface area contributed by atoms with E-state index < -0.39 is 6.03 Å². The Balaban J connectivity index is 1.85. The zero-order valence-corrected chi connectivity index (χ0v) is 8.22. The molecule has 0 radical (unpaired) electrons. The lowest BCUT2D eigenvalue weighted by molar-refractivity contribution is 0.0477. The van der Waals surface area contributed by atoms with E-state index >= 15 is 0 Å². The second-order valence-electron chi connectivity index (χ2n) is 3.55. The normalized spacial score (nSPS) is 15.9. The molecule has 15 heavy (non-hydrogen) atoms. The molecule has 5 nitrogen and oxygen atoms in total. The first kappa shape index (κ1) is 9.64. The molecular formula is C10H13N3O2. The number of amides is 2. The third-order valence-electron chi connectivity index (χ3n) is 2.34. The molecule has 80 valence electrons. The standard InChI is InChI=1S/C10H13N3O2/c11-7-1-3-8(4-2-7)15-9-5-13(6-9)10(12)14/h1-4,9H,5-6,11H2,(H2,12,14). The highest BCUT2D eigenvalue weighted by Crippen LogP contribution is 2.18. The van der Waals surface area contributed by atoms with Crippen LogP contribution in [0.2, 0.25) is 0 Å². The maximum Gasteiger partial charge on any atom is 0.315 e. The second-order valence-corrected chi connectivity index (χ2v) is 3.55. The summed E-state index contributed by atoms with van der Waals surface area (Å²) in [4.78, 5) is 12.2. The Labute approximate surface area is 87.6 Å². The van der Waals surface area contributed by atoms with E-state index in [4.69, 9.17) is 16.2 Å². The number of anilines is 1. The zero-order valence-electron chi connectivity index (χ0n) is 8.22. The maximum absolute atomic E-state index is 10.7. The van der Waals surface area contributed by atoms with E-state index in [1.807, 2.05) is 12.1 Å². The van der Waals surface area contributed by atoms with Crippen molar-refractivity contribution >= 4 is 11.7 Å². The van der Waals surface area contributed by atoms with E-state index in [2.05, 4.69) is 0 Å². The van der Waals surface area contributed by atoms with Crippen LogP contribution < -0.4 is 16.2 Å². The van der Waals surface area contributed by atoms with Crippen LogP contribution in [0, 0.1) is 0 Å². The lowest BCUT2D eigenvalue weighted by atomic mass is 10.2. The molecular weight excluding hydrogens is 194 g/mol. The van der Waals surface area contributed by atoms with Gasteiger partial charge in [0.05, 0.1) is 13.1 Å². The molecule has 0 saturated carbocycles. The van der Waals surface area contributed by atoms with Crippen molar-refractivity contribution in [1.82, 2.24) is 4.90 Å². The number of primary amides is 1. The van der Waals surface area contributed by atoms with Crippen LogP contribution in [0.5, 0.6) is 5.75 Å². The summed E-state index contributed by atoms with van der Waals surface area (Å²) in [5.74, 6) is 0.762. The third kappa shape index (κ3) is 2.12. The van der Waals surface area contributed by atoms with Gasteiger partial charge < -0.3 is 21.1 Å². The van der Waals surface area contributed by atoms with Gasteiger partial charge in [-0.05, 0) is 24.3 Å². The third-order valence-corrected chi connectivity index (χ3v) is 2.34. The maximum atomic E-state index is 10.7. The van der Waals surface area contributed by atoms with Crippen molar-refractivity contribution in [1.29, 1.82) is 0 Å². The highest BCUT2D eigenvalue weighted by Gasteiger charge is 2.30. The molecule has 2 rings (SSSR count). The number of ether oxygens (including phenoxy) is 1. The molecule has 0 bridgehead atoms. The fourth-order valence-electron chi connectivity index (χ4n) is 1.43. The number of carbonyl (C=O) groups is 1. The van der Waals surface area contributed by atoms with Crippen molar-refractivity contribution in [3.05, 3.63) is 24.3 Å². The number of rotatable bonds is 2. The predicted octanol–water partition coefficient (Wildman–Crippen LogP) is 0.410. The molecule has 1 heterocycles. The molecule has 1 aromatic rings. The van der Waals surface area contributed by atoms with Gasteiger partial charge in [0.1, 0.15) is 11.9 Å². The lowest BCUT2D eigenvalue weighted by Gasteiger charge is -2.37. The van der Waals surface area contributed by atoms with E-state index in [0.29, 0.717) is 18.8 Å². The number of hydrogen-bond donors (Lipinski definition) is 2. The molecule has 1 aliphatic rings. The van der Waals surface area contributed by atoms with Crippen molar-refractivity contribution < 1.29 is 9.53 Å². The molecule has 0 aliphatic carbocycles. The topological polar surface area (TPSA) is 81.6 Å². The van der Waals surface area contributed by atoms with Crippen LogP contribution in [-0.4, -0.2) is 30.1 Å². The minimum atomic E-state index is -0.396. The molecule has 2 amide bonds. The van der Waals surface area contributed by atoms with Gasteiger partial charge in [-0.25, -0.2) is 4.79 Å². The van der Waals surface area contributed by atoms with Crippen molar-refractivity contribution in [2.75, 3.05) is 18.8 Å². The number of hydrogen-bond acceptors (Lipinski definition) is 3. The highest BCUT2D eigenvalue weighted by molar-refractivity contribution is 5.73. The Morgan fingerprint density at radius 3 is 2.47 bits per heavy atom. The van der Waals surface area contributed by atoms with E-state index in [1.165, 1.54) is 4.90 Å². The largest absolute Gasteiger partial charge is 0.487 e. The highest BCUT2D eigenvalue weighted by atomic mass is 16.5. The Morgan fingerprint density at radius 2 is 1.93 bits per heavy atom. The summed E-state index contributed by atoms with van der Waals surface area (Å²) in [7, 11) is 0. The molecule has 0 atom stereocenters. The van der Waals surface area contributed by atoms with Gasteiger partial charge in [-0.1, -0.05) is 0 Å². The minimum absolute atomic E-state index is 0.0427. The SMILES string of the molecule is NC(=O)N1CC(Oc2ccc(N)cc2)C1. The van der Waals surface area contributed by atoms with E-state index in [1.54, 1.807) is 12.1 Å². The summed E-state index contributed by atoms with van der Waals surface area (Å²) >= 11 is 0. The number of likely N-dealkylation sites (tertiary alicyclic amines) is 1. The van der Waals surface area contributed by atoms with E-state index in [9.17, 15) is 4.79 Å². The summed E-state index contributed by atoms with van der Waals surface area (Å²) in [6, 6.07) is 6.77. The molecule has 1 aliphatic heterocycles. The lowest BCUT2D eigenvalue weighted by Crippen LogP contribution is -2.57. The van der Waals surface area contributed by atoms with Crippen LogP contribution >= 0.6 is 0 Å². The molecule has 0 aromatic heterocycles. The number of nitrogen functional groups attached to an aromatic ring is 1. The molecule has 1 saturated heterocycles. The van der Waals surface area contributed by atoms with Gasteiger partial charge in [-0.15, -0.1) is 0 Å². The van der Waals surface area contributed by atoms with Crippen LogP contribution in [0.25, 0.3) is 0 Å². The Hall–Kier alpha value is -1.91. The molecule has 0 spiro atoms. The number of nitrogens with zero attached hydrogens (tertiary/aromatic N) is 1. The van der Waals surface area contributed by atoms with Crippen molar-refractivity contribution in [3.8, 4) is 5.75 Å². The summed E-state index contributed by atoms with van der Waals surface area (Å²) in [6.45, 7) is 1.11. The molecule has 5 heteroatoms. The first-order valence-electron chi connectivity index (χ1n) is 4.72. The minimum Gasteiger partial charge on any atom is -0.487 e.